The predicted molar refractivity (Wildman–Crippen MR) is 118 cm³/mol. The van der Waals surface area contributed by atoms with Crippen molar-refractivity contribution >= 4 is 18.0 Å². The van der Waals surface area contributed by atoms with E-state index in [-0.39, 0.29) is 29.1 Å². The van der Waals surface area contributed by atoms with E-state index in [2.05, 4.69) is 37.6 Å². The summed E-state index contributed by atoms with van der Waals surface area (Å²) in [5, 5.41) is 9.08. The molecule has 0 aliphatic heterocycles. The maximum atomic E-state index is 12.3. The van der Waals surface area contributed by atoms with Crippen LogP contribution in [0.4, 0.5) is 0 Å². The third-order valence-corrected chi connectivity index (χ3v) is 4.69. The molecule has 31 heavy (non-hydrogen) atoms. The number of nitriles is 1. The number of carbonyl (C=O) groups excluding carboxylic acids is 2. The highest BCUT2D eigenvalue weighted by molar-refractivity contribution is 5.97. The zero-order valence-corrected chi connectivity index (χ0v) is 18.5. The SMILES string of the molecule is COC(=O)/C(C#N)=C/c1ccc(OC(=O)CCc2ccc(C(C)(C)C)cc2)c(OC)c1. The van der Waals surface area contributed by atoms with Gasteiger partial charge in [-0.3, -0.25) is 4.79 Å². The number of carbonyl (C=O) groups is 2. The summed E-state index contributed by atoms with van der Waals surface area (Å²) in [6.07, 6.45) is 2.17. The average molecular weight is 421 g/mol. The molecule has 2 aromatic carbocycles. The van der Waals surface area contributed by atoms with Crippen molar-refractivity contribution in [3.8, 4) is 17.6 Å². The van der Waals surface area contributed by atoms with E-state index in [1.165, 1.54) is 25.9 Å². The van der Waals surface area contributed by atoms with Crippen molar-refractivity contribution < 1.29 is 23.8 Å². The topological polar surface area (TPSA) is 85.6 Å². The van der Waals surface area contributed by atoms with Crippen LogP contribution in [0, 0.1) is 11.3 Å². The predicted octanol–water partition coefficient (Wildman–Crippen LogP) is 4.61. The van der Waals surface area contributed by atoms with Gasteiger partial charge in [-0.15, -0.1) is 0 Å². The minimum atomic E-state index is -0.729. The van der Waals surface area contributed by atoms with Gasteiger partial charge in [0.05, 0.1) is 14.2 Å². The normalized spacial score (nSPS) is 11.4. The molecule has 0 radical (unpaired) electrons. The third kappa shape index (κ3) is 6.71. The number of methoxy groups -OCH3 is 2. The van der Waals surface area contributed by atoms with E-state index in [0.29, 0.717) is 17.7 Å². The quantitative estimate of drug-likeness (QED) is 0.281. The van der Waals surface area contributed by atoms with Crippen molar-refractivity contribution in [2.75, 3.05) is 14.2 Å². The zero-order chi connectivity index (χ0) is 23.0. The molecule has 6 nitrogen and oxygen atoms in total. The summed E-state index contributed by atoms with van der Waals surface area (Å²) in [6, 6.07) is 14.8. The van der Waals surface area contributed by atoms with Gasteiger partial charge in [0.2, 0.25) is 0 Å². The lowest BCUT2D eigenvalue weighted by Gasteiger charge is -2.19. The number of aryl methyl sites for hydroxylation is 1. The molecule has 162 valence electrons. The first-order chi connectivity index (χ1) is 14.7. The fraction of sp³-hybridized carbons (Fsp3) is 0.320. The van der Waals surface area contributed by atoms with Gasteiger partial charge in [0.15, 0.2) is 11.5 Å². The van der Waals surface area contributed by atoms with E-state index < -0.39 is 5.97 Å². The van der Waals surface area contributed by atoms with Crippen LogP contribution in [-0.2, 0) is 26.2 Å². The molecule has 0 atom stereocenters. The maximum Gasteiger partial charge on any atom is 0.348 e. The van der Waals surface area contributed by atoms with Gasteiger partial charge in [0.1, 0.15) is 11.6 Å². The van der Waals surface area contributed by atoms with Crippen LogP contribution in [0.25, 0.3) is 6.08 Å². The average Bonchev–Trinajstić information content (AvgIpc) is 2.76. The van der Waals surface area contributed by atoms with Crippen LogP contribution >= 0.6 is 0 Å². The number of benzene rings is 2. The molecule has 2 rings (SSSR count). The summed E-state index contributed by atoms with van der Waals surface area (Å²) in [5.74, 6) is -0.524. The Morgan fingerprint density at radius 3 is 2.26 bits per heavy atom. The van der Waals surface area contributed by atoms with Crippen LogP contribution in [-0.4, -0.2) is 26.2 Å². The first kappa shape index (κ1) is 23.7. The molecule has 0 bridgehead atoms. The lowest BCUT2D eigenvalue weighted by molar-refractivity contribution is -0.136. The monoisotopic (exact) mass is 421 g/mol. The van der Waals surface area contributed by atoms with E-state index in [9.17, 15) is 9.59 Å². The second-order valence-electron chi connectivity index (χ2n) is 7.99. The number of ether oxygens (including phenoxy) is 3. The highest BCUT2D eigenvalue weighted by Gasteiger charge is 2.15. The van der Waals surface area contributed by atoms with Crippen LogP contribution in [0.2, 0.25) is 0 Å². The minimum Gasteiger partial charge on any atom is -0.493 e. The molecule has 6 heteroatoms. The van der Waals surface area contributed by atoms with Gasteiger partial charge >= 0.3 is 11.9 Å². The largest absolute Gasteiger partial charge is 0.493 e. The van der Waals surface area contributed by atoms with Crippen LogP contribution in [0.3, 0.4) is 0 Å². The van der Waals surface area contributed by atoms with Crippen molar-refractivity contribution in [3.05, 3.63) is 64.7 Å². The standard InChI is InChI=1S/C25H27NO5/c1-25(2,3)20-10-6-17(7-11-20)9-13-23(27)31-21-12-8-18(15-22(21)29-4)14-19(16-26)24(28)30-5/h6-8,10-12,14-15H,9,13H2,1-5H3/b19-14+. The molecule has 0 amide bonds. The highest BCUT2D eigenvalue weighted by atomic mass is 16.6. The first-order valence-corrected chi connectivity index (χ1v) is 9.86. The number of nitrogens with zero attached hydrogens (tertiary/aromatic N) is 1. The molecule has 0 unspecified atom stereocenters. The van der Waals surface area contributed by atoms with Gasteiger partial charge in [-0.25, -0.2) is 4.79 Å². The summed E-state index contributed by atoms with van der Waals surface area (Å²) in [4.78, 5) is 23.9. The van der Waals surface area contributed by atoms with E-state index in [1.807, 2.05) is 12.1 Å². The molecule has 0 aromatic heterocycles. The van der Waals surface area contributed by atoms with Gasteiger partial charge < -0.3 is 14.2 Å². The van der Waals surface area contributed by atoms with E-state index >= 15 is 0 Å². The molecule has 0 fully saturated rings. The third-order valence-electron chi connectivity index (χ3n) is 4.69. The summed E-state index contributed by atoms with van der Waals surface area (Å²) >= 11 is 0. The number of rotatable bonds is 7. The van der Waals surface area contributed by atoms with Gasteiger partial charge in [0.25, 0.3) is 0 Å². The maximum absolute atomic E-state index is 12.3. The molecular weight excluding hydrogens is 394 g/mol. The van der Waals surface area contributed by atoms with E-state index in [1.54, 1.807) is 24.3 Å². The highest BCUT2D eigenvalue weighted by Crippen LogP contribution is 2.29. The Hall–Kier alpha value is -3.59. The number of esters is 2. The van der Waals surface area contributed by atoms with Crippen LogP contribution in [0.15, 0.2) is 48.0 Å². The van der Waals surface area contributed by atoms with Crippen LogP contribution < -0.4 is 9.47 Å². The molecule has 0 aliphatic rings. The van der Waals surface area contributed by atoms with Crippen molar-refractivity contribution in [3.63, 3.8) is 0 Å². The zero-order valence-electron chi connectivity index (χ0n) is 18.5. The number of hydrogen-bond acceptors (Lipinski definition) is 6. The van der Waals surface area contributed by atoms with Crippen LogP contribution in [0.1, 0.15) is 43.9 Å². The van der Waals surface area contributed by atoms with E-state index in [4.69, 9.17) is 14.7 Å². The van der Waals surface area contributed by atoms with Gasteiger partial charge in [-0.05, 0) is 46.7 Å². The van der Waals surface area contributed by atoms with Gasteiger partial charge in [-0.2, -0.15) is 5.26 Å². The Morgan fingerprint density at radius 2 is 1.71 bits per heavy atom. The van der Waals surface area contributed by atoms with Crippen LogP contribution in [0.5, 0.6) is 11.5 Å². The Morgan fingerprint density at radius 1 is 1.03 bits per heavy atom. The molecule has 0 saturated carbocycles. The Kier molecular flexibility index (Phi) is 7.98. The summed E-state index contributed by atoms with van der Waals surface area (Å²) in [7, 11) is 2.65. The van der Waals surface area contributed by atoms with Crippen molar-refractivity contribution in [2.24, 2.45) is 0 Å². The summed E-state index contributed by atoms with van der Waals surface area (Å²) in [6.45, 7) is 6.47. The molecule has 0 N–H and O–H groups in total. The second kappa shape index (κ2) is 10.4. The van der Waals surface area contributed by atoms with Crippen molar-refractivity contribution in [1.82, 2.24) is 0 Å². The smallest absolute Gasteiger partial charge is 0.348 e. The van der Waals surface area contributed by atoms with Gasteiger partial charge in [0, 0.05) is 6.42 Å². The molecular formula is C25H27NO5. The number of hydrogen-bond donors (Lipinski definition) is 0. The Balaban J connectivity index is 2.05. The first-order valence-electron chi connectivity index (χ1n) is 9.86. The Bertz CT molecular complexity index is 1010. The second-order valence-corrected chi connectivity index (χ2v) is 7.99. The molecule has 0 saturated heterocycles. The Labute approximate surface area is 183 Å². The summed E-state index contributed by atoms with van der Waals surface area (Å²) < 4.78 is 15.3. The lowest BCUT2D eigenvalue weighted by Crippen LogP contribution is -2.11. The fourth-order valence-corrected chi connectivity index (χ4v) is 2.86. The summed E-state index contributed by atoms with van der Waals surface area (Å²) in [5.41, 5.74) is 2.78. The van der Waals surface area contributed by atoms with Gasteiger partial charge in [-0.1, -0.05) is 51.1 Å². The molecule has 0 aliphatic carbocycles. The van der Waals surface area contributed by atoms with Crippen molar-refractivity contribution in [1.29, 1.82) is 5.26 Å². The van der Waals surface area contributed by atoms with Crippen molar-refractivity contribution in [2.45, 2.75) is 39.0 Å². The fourth-order valence-electron chi connectivity index (χ4n) is 2.86. The molecule has 0 spiro atoms. The molecule has 0 heterocycles. The minimum absolute atomic E-state index is 0.0836. The lowest BCUT2D eigenvalue weighted by atomic mass is 9.86. The molecule has 2 aromatic rings. The van der Waals surface area contributed by atoms with E-state index in [0.717, 1.165) is 5.56 Å².